The zero-order valence-electron chi connectivity index (χ0n) is 25.3. The Balaban J connectivity index is 0.983. The minimum atomic E-state index is -0.489. The molecular formula is C34H39N5O6. The number of hydrogen-bond acceptors (Lipinski definition) is 6. The van der Waals surface area contributed by atoms with Gasteiger partial charge in [-0.05, 0) is 93.3 Å². The molecule has 11 heteroatoms. The summed E-state index contributed by atoms with van der Waals surface area (Å²) in [7, 11) is 0. The quantitative estimate of drug-likeness (QED) is 0.368. The van der Waals surface area contributed by atoms with Crippen LogP contribution in [0, 0.1) is 0 Å². The molecule has 4 saturated heterocycles. The summed E-state index contributed by atoms with van der Waals surface area (Å²) in [6, 6.07) is 14.4. The van der Waals surface area contributed by atoms with Crippen molar-refractivity contribution in [3.05, 3.63) is 48.5 Å². The van der Waals surface area contributed by atoms with E-state index in [4.69, 9.17) is 9.47 Å². The Labute approximate surface area is 261 Å². The van der Waals surface area contributed by atoms with Gasteiger partial charge in [0.05, 0.1) is 0 Å². The predicted molar refractivity (Wildman–Crippen MR) is 168 cm³/mol. The van der Waals surface area contributed by atoms with E-state index in [9.17, 15) is 19.2 Å². The maximum atomic E-state index is 13.2. The van der Waals surface area contributed by atoms with Crippen LogP contribution in [-0.2, 0) is 28.7 Å². The van der Waals surface area contributed by atoms with Gasteiger partial charge in [-0.1, -0.05) is 12.1 Å². The monoisotopic (exact) mass is 613 g/mol. The third-order valence-electron chi connectivity index (χ3n) is 9.44. The van der Waals surface area contributed by atoms with E-state index in [-0.39, 0.29) is 23.6 Å². The second kappa shape index (κ2) is 12.6. The molecule has 2 aromatic carbocycles. The second-order valence-corrected chi connectivity index (χ2v) is 12.4. The van der Waals surface area contributed by atoms with Crippen LogP contribution in [0.25, 0.3) is 22.2 Å². The van der Waals surface area contributed by atoms with Gasteiger partial charge in [0.1, 0.15) is 24.3 Å². The van der Waals surface area contributed by atoms with E-state index in [1.165, 1.54) is 0 Å². The molecule has 1 aromatic heterocycles. The standard InChI is InChI=1S/C34H39N5O6/c40-31(27-5-1-15-38(27)33(42)29-7-3-17-44-29)35-23-11-9-21(10-12-23)26-20-22-19-24(13-14-25(22)37-26)36-32(41)28-6-2-16-39(28)34(43)30-8-4-18-45-30/h9-14,19-20,27-30,37H,1-8,15-18H2,(H,35,40)(H,36,41)/t27-,28?,29-,30-/m0/s1. The van der Waals surface area contributed by atoms with Crippen LogP contribution >= 0.6 is 0 Å². The number of rotatable bonds is 7. The first kappa shape index (κ1) is 29.5. The summed E-state index contributed by atoms with van der Waals surface area (Å²) in [6.07, 6.45) is 5.22. The van der Waals surface area contributed by atoms with Crippen LogP contribution in [0.2, 0.25) is 0 Å². The Morgan fingerprint density at radius 3 is 1.78 bits per heavy atom. The molecule has 4 aliphatic rings. The number of likely N-dealkylation sites (tertiary alicyclic amines) is 2. The third kappa shape index (κ3) is 6.06. The van der Waals surface area contributed by atoms with Crippen LogP contribution in [0.5, 0.6) is 0 Å². The van der Waals surface area contributed by atoms with Crippen molar-refractivity contribution in [3.8, 4) is 11.3 Å². The number of fused-ring (bicyclic) bond motifs is 1. The molecule has 3 N–H and O–H groups in total. The highest BCUT2D eigenvalue weighted by Gasteiger charge is 2.39. The number of benzene rings is 2. The molecule has 4 atom stereocenters. The van der Waals surface area contributed by atoms with Crippen LogP contribution in [-0.4, -0.2) is 89.0 Å². The van der Waals surface area contributed by atoms with Gasteiger partial charge in [0.25, 0.3) is 11.8 Å². The summed E-state index contributed by atoms with van der Waals surface area (Å²) in [4.78, 5) is 58.9. The van der Waals surface area contributed by atoms with E-state index in [0.717, 1.165) is 47.8 Å². The van der Waals surface area contributed by atoms with Gasteiger partial charge in [-0.2, -0.15) is 0 Å². The zero-order valence-corrected chi connectivity index (χ0v) is 25.3. The highest BCUT2D eigenvalue weighted by Crippen LogP contribution is 2.29. The summed E-state index contributed by atoms with van der Waals surface area (Å²) in [5.41, 5.74) is 4.11. The summed E-state index contributed by atoms with van der Waals surface area (Å²) in [6.45, 7) is 2.35. The van der Waals surface area contributed by atoms with Crippen molar-refractivity contribution in [2.75, 3.05) is 36.9 Å². The molecule has 5 heterocycles. The molecule has 4 aliphatic heterocycles. The van der Waals surface area contributed by atoms with Crippen LogP contribution in [0.15, 0.2) is 48.5 Å². The van der Waals surface area contributed by atoms with Crippen LogP contribution in [0.4, 0.5) is 11.4 Å². The molecule has 0 spiro atoms. The molecule has 3 aromatic rings. The largest absolute Gasteiger partial charge is 0.368 e. The Hall–Kier alpha value is -4.22. The van der Waals surface area contributed by atoms with E-state index in [2.05, 4.69) is 15.6 Å². The molecule has 0 radical (unpaired) electrons. The lowest BCUT2D eigenvalue weighted by molar-refractivity contribution is -0.144. The van der Waals surface area contributed by atoms with Gasteiger partial charge in [0, 0.05) is 54.3 Å². The van der Waals surface area contributed by atoms with Crippen molar-refractivity contribution in [2.24, 2.45) is 0 Å². The first-order chi connectivity index (χ1) is 21.9. The number of ether oxygens (including phenoxy) is 2. The summed E-state index contributed by atoms with van der Waals surface area (Å²) in [5, 5.41) is 6.94. The maximum Gasteiger partial charge on any atom is 0.252 e. The number of nitrogens with zero attached hydrogens (tertiary/aromatic N) is 2. The number of aromatic amines is 1. The topological polar surface area (TPSA) is 133 Å². The Bertz CT molecular complexity index is 1590. The first-order valence-electron chi connectivity index (χ1n) is 16.1. The first-order valence-corrected chi connectivity index (χ1v) is 16.1. The van der Waals surface area contributed by atoms with E-state index in [1.54, 1.807) is 9.80 Å². The van der Waals surface area contributed by atoms with Gasteiger partial charge >= 0.3 is 0 Å². The molecule has 4 fully saturated rings. The number of anilines is 2. The average Bonchev–Trinajstić information content (AvgIpc) is 3.90. The van der Waals surface area contributed by atoms with Crippen molar-refractivity contribution in [1.82, 2.24) is 14.8 Å². The summed E-state index contributed by atoms with van der Waals surface area (Å²) in [5.74, 6) is -0.508. The molecule has 0 aliphatic carbocycles. The fourth-order valence-electron chi connectivity index (χ4n) is 7.07. The van der Waals surface area contributed by atoms with E-state index < -0.39 is 24.3 Å². The second-order valence-electron chi connectivity index (χ2n) is 12.4. The Morgan fingerprint density at radius 2 is 1.22 bits per heavy atom. The fraction of sp³-hybridized carbons (Fsp3) is 0.471. The number of hydrogen-bond donors (Lipinski definition) is 3. The van der Waals surface area contributed by atoms with Crippen molar-refractivity contribution < 1.29 is 28.7 Å². The minimum Gasteiger partial charge on any atom is -0.368 e. The number of H-pyrrole nitrogens is 1. The number of carbonyl (C=O) groups is 4. The van der Waals surface area contributed by atoms with Gasteiger partial charge in [0.2, 0.25) is 11.8 Å². The van der Waals surface area contributed by atoms with Crippen LogP contribution in [0.1, 0.15) is 51.4 Å². The molecule has 0 bridgehead atoms. The lowest BCUT2D eigenvalue weighted by Gasteiger charge is -2.26. The van der Waals surface area contributed by atoms with Crippen molar-refractivity contribution in [3.63, 3.8) is 0 Å². The average molecular weight is 614 g/mol. The van der Waals surface area contributed by atoms with Gasteiger partial charge in [0.15, 0.2) is 0 Å². The molecule has 7 rings (SSSR count). The lowest BCUT2D eigenvalue weighted by atomic mass is 10.1. The summed E-state index contributed by atoms with van der Waals surface area (Å²) >= 11 is 0. The lowest BCUT2D eigenvalue weighted by Crippen LogP contribution is -2.47. The van der Waals surface area contributed by atoms with E-state index in [0.29, 0.717) is 63.4 Å². The summed E-state index contributed by atoms with van der Waals surface area (Å²) < 4.78 is 11.1. The minimum absolute atomic E-state index is 0.0768. The number of nitrogens with one attached hydrogen (secondary N) is 3. The van der Waals surface area contributed by atoms with Crippen molar-refractivity contribution >= 4 is 45.9 Å². The Kier molecular flexibility index (Phi) is 8.29. The molecule has 4 amide bonds. The van der Waals surface area contributed by atoms with E-state index >= 15 is 0 Å². The number of carbonyl (C=O) groups excluding carboxylic acids is 4. The third-order valence-corrected chi connectivity index (χ3v) is 9.44. The molecule has 1 unspecified atom stereocenters. The Morgan fingerprint density at radius 1 is 0.667 bits per heavy atom. The van der Waals surface area contributed by atoms with Gasteiger partial charge in [-0.25, -0.2) is 0 Å². The predicted octanol–water partition coefficient (Wildman–Crippen LogP) is 4.05. The molecular weight excluding hydrogens is 574 g/mol. The van der Waals surface area contributed by atoms with Gasteiger partial charge < -0.3 is 34.9 Å². The van der Waals surface area contributed by atoms with Gasteiger partial charge in [-0.3, -0.25) is 19.2 Å². The van der Waals surface area contributed by atoms with Crippen molar-refractivity contribution in [2.45, 2.75) is 75.7 Å². The smallest absolute Gasteiger partial charge is 0.252 e. The SMILES string of the molecule is O=C(Nc1ccc2[nH]c(-c3ccc(NC(=O)[C@@H]4CCCN4C(=O)[C@@H]4CCCO4)cc3)cc2c1)C1CCCN1C(=O)[C@@H]1CCCO1. The normalized spacial score (nSPS) is 24.8. The van der Waals surface area contributed by atoms with Crippen LogP contribution < -0.4 is 10.6 Å². The zero-order chi connectivity index (χ0) is 30.9. The molecule has 11 nitrogen and oxygen atoms in total. The highest BCUT2D eigenvalue weighted by molar-refractivity contribution is 6.00. The molecule has 0 saturated carbocycles. The van der Waals surface area contributed by atoms with Crippen LogP contribution in [0.3, 0.4) is 0 Å². The number of amides is 4. The maximum absolute atomic E-state index is 13.2. The fourth-order valence-corrected chi connectivity index (χ4v) is 7.07. The van der Waals surface area contributed by atoms with Crippen molar-refractivity contribution in [1.29, 1.82) is 0 Å². The van der Waals surface area contributed by atoms with E-state index in [1.807, 2.05) is 48.5 Å². The van der Waals surface area contributed by atoms with Gasteiger partial charge in [-0.15, -0.1) is 0 Å². The molecule has 236 valence electrons. The highest BCUT2D eigenvalue weighted by atomic mass is 16.5. The number of aromatic nitrogens is 1. The molecule has 45 heavy (non-hydrogen) atoms.